The molecule has 0 radical (unpaired) electrons. The van der Waals surface area contributed by atoms with Crippen LogP contribution in [0.1, 0.15) is 45.4 Å². The van der Waals surface area contributed by atoms with E-state index in [1.165, 1.54) is 6.20 Å². The van der Waals surface area contributed by atoms with Gasteiger partial charge in [0.1, 0.15) is 17.3 Å². The molecular formula is C25H34F2N4O. The van der Waals surface area contributed by atoms with E-state index in [0.29, 0.717) is 55.5 Å². The Morgan fingerprint density at radius 2 is 1.91 bits per heavy atom. The molecule has 2 aliphatic rings. The summed E-state index contributed by atoms with van der Waals surface area (Å²) in [7, 11) is 1.73. The van der Waals surface area contributed by atoms with Gasteiger partial charge in [0.05, 0.1) is 12.8 Å². The first kappa shape index (κ1) is 22.9. The summed E-state index contributed by atoms with van der Waals surface area (Å²) >= 11 is 0. The molecule has 0 bridgehead atoms. The maximum atomic E-state index is 14.6. The fourth-order valence-corrected chi connectivity index (χ4v) is 4.42. The highest BCUT2D eigenvalue weighted by molar-refractivity contribution is 5.70. The average Bonchev–Trinajstić information content (AvgIpc) is 3.53. The molecule has 0 unspecified atom stereocenters. The summed E-state index contributed by atoms with van der Waals surface area (Å²) in [4.78, 5) is 4.27. The SMILES string of the molecule is COC[C@H](C)NC1CCC(Nc2cc(-c3cccc(NCC4(F)CC4)c3)c(F)cn2)CC1. The molecule has 2 aromatic rings. The number of methoxy groups -OCH3 is 1. The zero-order valence-electron chi connectivity index (χ0n) is 19.0. The van der Waals surface area contributed by atoms with Gasteiger partial charge in [0.25, 0.3) is 0 Å². The number of benzene rings is 1. The van der Waals surface area contributed by atoms with Crippen LogP contribution in [0.3, 0.4) is 0 Å². The van der Waals surface area contributed by atoms with Gasteiger partial charge in [-0.2, -0.15) is 0 Å². The van der Waals surface area contributed by atoms with Crippen molar-refractivity contribution in [3.05, 3.63) is 42.3 Å². The summed E-state index contributed by atoms with van der Waals surface area (Å²) in [5.41, 5.74) is 0.967. The van der Waals surface area contributed by atoms with Crippen molar-refractivity contribution in [3.63, 3.8) is 0 Å². The van der Waals surface area contributed by atoms with E-state index in [1.807, 2.05) is 24.3 Å². The molecule has 0 saturated heterocycles. The molecular weight excluding hydrogens is 410 g/mol. The summed E-state index contributed by atoms with van der Waals surface area (Å²) in [6.07, 6.45) is 6.74. The molecule has 1 aromatic heterocycles. The van der Waals surface area contributed by atoms with Crippen LogP contribution in [0.4, 0.5) is 20.3 Å². The van der Waals surface area contributed by atoms with Crippen LogP contribution in [0, 0.1) is 5.82 Å². The molecule has 0 amide bonds. The van der Waals surface area contributed by atoms with Gasteiger partial charge in [0, 0.05) is 43.0 Å². The first-order valence-electron chi connectivity index (χ1n) is 11.6. The van der Waals surface area contributed by atoms with Crippen LogP contribution in [-0.2, 0) is 4.74 Å². The summed E-state index contributed by atoms with van der Waals surface area (Å²) in [6.45, 7) is 3.15. The number of pyridine rings is 1. The van der Waals surface area contributed by atoms with Gasteiger partial charge in [0.15, 0.2) is 0 Å². The smallest absolute Gasteiger partial charge is 0.149 e. The molecule has 5 nitrogen and oxygen atoms in total. The minimum absolute atomic E-state index is 0.296. The monoisotopic (exact) mass is 444 g/mol. The first-order chi connectivity index (χ1) is 15.4. The average molecular weight is 445 g/mol. The highest BCUT2D eigenvalue weighted by atomic mass is 19.1. The van der Waals surface area contributed by atoms with Crippen molar-refractivity contribution >= 4 is 11.5 Å². The molecule has 2 fully saturated rings. The largest absolute Gasteiger partial charge is 0.383 e. The van der Waals surface area contributed by atoms with E-state index < -0.39 is 5.67 Å². The van der Waals surface area contributed by atoms with Gasteiger partial charge in [-0.25, -0.2) is 13.8 Å². The Hall–Kier alpha value is -2.25. The summed E-state index contributed by atoms with van der Waals surface area (Å²) in [5, 5.41) is 10.3. The molecule has 2 saturated carbocycles. The molecule has 3 N–H and O–H groups in total. The Morgan fingerprint density at radius 3 is 2.62 bits per heavy atom. The topological polar surface area (TPSA) is 58.2 Å². The third-order valence-corrected chi connectivity index (χ3v) is 6.45. The number of halogens is 2. The number of aromatic nitrogens is 1. The van der Waals surface area contributed by atoms with Crippen molar-refractivity contribution in [2.45, 2.75) is 69.2 Å². The number of anilines is 2. The van der Waals surface area contributed by atoms with Gasteiger partial charge in [-0.1, -0.05) is 12.1 Å². The Labute approximate surface area is 189 Å². The molecule has 4 rings (SSSR count). The van der Waals surface area contributed by atoms with E-state index >= 15 is 0 Å². The Bertz CT molecular complexity index is 897. The molecule has 0 spiro atoms. The Morgan fingerprint density at radius 1 is 1.16 bits per heavy atom. The minimum atomic E-state index is -1.08. The predicted molar refractivity (Wildman–Crippen MR) is 125 cm³/mol. The van der Waals surface area contributed by atoms with E-state index in [2.05, 4.69) is 27.9 Å². The molecule has 1 aromatic carbocycles. The molecule has 7 heteroatoms. The van der Waals surface area contributed by atoms with E-state index in [-0.39, 0.29) is 5.82 Å². The van der Waals surface area contributed by atoms with Crippen molar-refractivity contribution in [2.75, 3.05) is 30.9 Å². The van der Waals surface area contributed by atoms with Crippen LogP contribution < -0.4 is 16.0 Å². The van der Waals surface area contributed by atoms with Crippen LogP contribution in [0.15, 0.2) is 36.5 Å². The lowest BCUT2D eigenvalue weighted by Gasteiger charge is -2.31. The number of hydrogen-bond acceptors (Lipinski definition) is 5. The number of hydrogen-bond donors (Lipinski definition) is 3. The lowest BCUT2D eigenvalue weighted by molar-refractivity contribution is 0.161. The molecule has 1 atom stereocenters. The number of alkyl halides is 1. The van der Waals surface area contributed by atoms with E-state index in [9.17, 15) is 8.78 Å². The maximum Gasteiger partial charge on any atom is 0.149 e. The summed E-state index contributed by atoms with van der Waals surface area (Å²) in [5.74, 6) is 0.321. The van der Waals surface area contributed by atoms with Gasteiger partial charge in [-0.3, -0.25) is 0 Å². The molecule has 0 aliphatic heterocycles. The van der Waals surface area contributed by atoms with E-state index in [0.717, 1.165) is 36.9 Å². The van der Waals surface area contributed by atoms with Crippen molar-refractivity contribution in [1.82, 2.24) is 10.3 Å². The number of rotatable bonds is 10. The molecule has 32 heavy (non-hydrogen) atoms. The zero-order valence-corrected chi connectivity index (χ0v) is 19.0. The molecule has 174 valence electrons. The van der Waals surface area contributed by atoms with Crippen LogP contribution in [0.2, 0.25) is 0 Å². The first-order valence-corrected chi connectivity index (χ1v) is 11.6. The van der Waals surface area contributed by atoms with Gasteiger partial charge in [-0.05, 0) is 69.2 Å². The lowest BCUT2D eigenvalue weighted by atomic mass is 9.90. The van der Waals surface area contributed by atoms with E-state index in [4.69, 9.17) is 4.74 Å². The van der Waals surface area contributed by atoms with Crippen LogP contribution >= 0.6 is 0 Å². The predicted octanol–water partition coefficient (Wildman–Crippen LogP) is 5.15. The summed E-state index contributed by atoms with van der Waals surface area (Å²) < 4.78 is 33.7. The quantitative estimate of drug-likeness (QED) is 0.473. The summed E-state index contributed by atoms with van der Waals surface area (Å²) in [6, 6.07) is 10.4. The van der Waals surface area contributed by atoms with Crippen molar-refractivity contribution < 1.29 is 13.5 Å². The zero-order chi connectivity index (χ0) is 22.6. The van der Waals surface area contributed by atoms with Crippen LogP contribution in [0.25, 0.3) is 11.1 Å². The highest BCUT2D eigenvalue weighted by Gasteiger charge is 2.42. The Kier molecular flexibility index (Phi) is 7.26. The normalized spacial score (nSPS) is 22.9. The number of ether oxygens (including phenoxy) is 1. The minimum Gasteiger partial charge on any atom is -0.383 e. The molecule has 1 heterocycles. The second-order valence-corrected chi connectivity index (χ2v) is 9.35. The molecule has 2 aliphatic carbocycles. The second kappa shape index (κ2) is 10.1. The maximum absolute atomic E-state index is 14.6. The van der Waals surface area contributed by atoms with Gasteiger partial charge in [-0.15, -0.1) is 0 Å². The number of nitrogens with one attached hydrogen (secondary N) is 3. The number of nitrogens with zero attached hydrogens (tertiary/aromatic N) is 1. The van der Waals surface area contributed by atoms with Gasteiger partial charge >= 0.3 is 0 Å². The fraction of sp³-hybridized carbons (Fsp3) is 0.560. The van der Waals surface area contributed by atoms with E-state index in [1.54, 1.807) is 13.2 Å². The van der Waals surface area contributed by atoms with Crippen LogP contribution in [-0.4, -0.2) is 49.0 Å². The van der Waals surface area contributed by atoms with Gasteiger partial charge in [0.2, 0.25) is 0 Å². The lowest BCUT2D eigenvalue weighted by Crippen LogP contribution is -2.42. The third-order valence-electron chi connectivity index (χ3n) is 6.45. The standard InChI is InChI=1S/C25H34F2N4O/c1-17(15-32-2)30-19-6-8-20(9-7-19)31-24-13-22(23(26)14-28-24)18-4-3-5-21(12-18)29-16-25(27)10-11-25/h3-5,12-14,17,19-20,29-30H,6-11,15-16H2,1-2H3,(H,28,31)/t17-,19?,20?/m0/s1. The van der Waals surface area contributed by atoms with Crippen molar-refractivity contribution in [2.24, 2.45) is 0 Å². The fourth-order valence-electron chi connectivity index (χ4n) is 4.42. The second-order valence-electron chi connectivity index (χ2n) is 9.35. The van der Waals surface area contributed by atoms with Gasteiger partial charge < -0.3 is 20.7 Å². The highest BCUT2D eigenvalue weighted by Crippen LogP contribution is 2.39. The van der Waals surface area contributed by atoms with Crippen molar-refractivity contribution in [1.29, 1.82) is 0 Å². The third kappa shape index (κ3) is 6.17. The Balaban J connectivity index is 1.36. The van der Waals surface area contributed by atoms with Crippen LogP contribution in [0.5, 0.6) is 0 Å². The van der Waals surface area contributed by atoms with Crippen molar-refractivity contribution in [3.8, 4) is 11.1 Å².